The van der Waals surface area contributed by atoms with Crippen molar-refractivity contribution in [2.24, 2.45) is 11.8 Å². The Hall–Kier alpha value is 0.247. The number of alkyl halides is 1. The molecule has 0 spiro atoms. The minimum atomic E-state index is -1.47. The summed E-state index contributed by atoms with van der Waals surface area (Å²) in [5.41, 5.74) is 5.16. The van der Waals surface area contributed by atoms with Gasteiger partial charge in [0.05, 0.1) is 0 Å². The highest BCUT2D eigenvalue weighted by molar-refractivity contribution is 14.1. The van der Waals surface area contributed by atoms with Gasteiger partial charge in [0.2, 0.25) is 0 Å². The second-order valence-electron chi connectivity index (χ2n) is 8.06. The highest BCUT2D eigenvalue weighted by Crippen LogP contribution is 2.35. The quantitative estimate of drug-likeness (QED) is 0.145. The Bertz CT molecular complexity index is 386. The number of rotatable bonds is 6. The molecule has 0 aromatic rings. The van der Waals surface area contributed by atoms with Gasteiger partial charge in [0.1, 0.15) is 8.07 Å². The predicted octanol–water partition coefficient (Wildman–Crippen LogP) is 6.86. The number of hydrogen-bond donors (Lipinski definition) is 0. The molecule has 2 heteroatoms. The molecule has 0 bridgehead atoms. The molecule has 0 radical (unpaired) electrons. The van der Waals surface area contributed by atoms with E-state index < -0.39 is 8.07 Å². The Kier molecular flexibility index (Phi) is 9.51. The first-order valence-corrected chi connectivity index (χ1v) is 12.8. The summed E-state index contributed by atoms with van der Waals surface area (Å²) in [4.78, 5) is 0. The molecule has 0 nitrogen and oxygen atoms in total. The lowest BCUT2D eigenvalue weighted by Gasteiger charge is -2.32. The average Bonchev–Trinajstić information content (AvgIpc) is 2.32. The van der Waals surface area contributed by atoms with Gasteiger partial charge in [-0.2, -0.15) is 0 Å². The molecule has 0 unspecified atom stereocenters. The summed E-state index contributed by atoms with van der Waals surface area (Å²) >= 11 is 2.49. The normalized spacial score (nSPS) is 14.9. The lowest BCUT2D eigenvalue weighted by atomic mass is 9.88. The van der Waals surface area contributed by atoms with Crippen molar-refractivity contribution >= 4 is 30.7 Å². The first-order valence-electron chi connectivity index (χ1n) is 8.23. The molecule has 21 heavy (non-hydrogen) atoms. The van der Waals surface area contributed by atoms with Crippen molar-refractivity contribution in [3.05, 3.63) is 11.6 Å². The van der Waals surface area contributed by atoms with Crippen LogP contribution >= 0.6 is 22.6 Å². The Morgan fingerprint density at radius 1 is 1.19 bits per heavy atom. The van der Waals surface area contributed by atoms with Gasteiger partial charge in [0, 0.05) is 10.3 Å². The molecule has 0 aromatic heterocycles. The molecule has 0 rings (SSSR count). The zero-order valence-corrected chi connectivity index (χ0v) is 18.6. The van der Waals surface area contributed by atoms with Crippen LogP contribution < -0.4 is 0 Å². The second-order valence-corrected chi connectivity index (χ2v) is 14.1. The van der Waals surface area contributed by atoms with E-state index in [1.165, 1.54) is 29.3 Å². The first kappa shape index (κ1) is 21.2. The maximum Gasteiger partial charge on any atom is 0.137 e. The van der Waals surface area contributed by atoms with E-state index in [1.54, 1.807) is 0 Å². The topological polar surface area (TPSA) is 0 Å². The van der Waals surface area contributed by atoms with Gasteiger partial charge in [-0.15, -0.1) is 11.5 Å². The van der Waals surface area contributed by atoms with Crippen LogP contribution in [-0.2, 0) is 0 Å². The molecular formula is C19H35ISi. The molecule has 0 fully saturated rings. The molecule has 0 saturated heterocycles. The fraction of sp³-hybridized carbons (Fsp3) is 0.789. The van der Waals surface area contributed by atoms with Crippen LogP contribution in [0.1, 0.15) is 60.8 Å². The molecule has 0 heterocycles. The summed E-state index contributed by atoms with van der Waals surface area (Å²) in [5.74, 6) is 4.96. The van der Waals surface area contributed by atoms with Crippen molar-refractivity contribution in [2.75, 3.05) is 4.43 Å². The SMILES string of the molecule is CC(C)=CCC[C@@H](C)[C@H](C#C[Si](C)(C)C(C)(C)C)CCI. The summed E-state index contributed by atoms with van der Waals surface area (Å²) in [6.45, 7) is 18.6. The fourth-order valence-corrected chi connectivity index (χ4v) is 3.51. The van der Waals surface area contributed by atoms with Gasteiger partial charge in [0.25, 0.3) is 0 Å². The summed E-state index contributed by atoms with van der Waals surface area (Å²) < 4.78 is 1.21. The number of hydrogen-bond acceptors (Lipinski definition) is 0. The fourth-order valence-electron chi connectivity index (χ4n) is 1.91. The van der Waals surface area contributed by atoms with Crippen LogP contribution in [0.25, 0.3) is 0 Å². The van der Waals surface area contributed by atoms with Crippen LogP contribution in [0.3, 0.4) is 0 Å². The van der Waals surface area contributed by atoms with Crippen molar-refractivity contribution in [1.29, 1.82) is 0 Å². The maximum atomic E-state index is 3.73. The second kappa shape index (κ2) is 9.40. The lowest BCUT2D eigenvalue weighted by Crippen LogP contribution is -2.35. The van der Waals surface area contributed by atoms with Crippen LogP contribution in [-0.4, -0.2) is 12.5 Å². The minimum absolute atomic E-state index is 0.361. The molecule has 0 aliphatic heterocycles. The van der Waals surface area contributed by atoms with Crippen LogP contribution in [0.2, 0.25) is 18.1 Å². The number of halogens is 1. The first-order chi connectivity index (χ1) is 9.51. The van der Waals surface area contributed by atoms with E-state index in [4.69, 9.17) is 0 Å². The van der Waals surface area contributed by atoms with Crippen LogP contribution in [0.15, 0.2) is 11.6 Å². The summed E-state index contributed by atoms with van der Waals surface area (Å²) in [6, 6.07) is 0. The van der Waals surface area contributed by atoms with Crippen molar-refractivity contribution in [2.45, 2.75) is 78.9 Å². The van der Waals surface area contributed by atoms with Crippen molar-refractivity contribution in [3.8, 4) is 11.5 Å². The zero-order valence-electron chi connectivity index (χ0n) is 15.4. The van der Waals surface area contributed by atoms with Crippen molar-refractivity contribution < 1.29 is 0 Å². The van der Waals surface area contributed by atoms with E-state index in [0.717, 1.165) is 0 Å². The Morgan fingerprint density at radius 2 is 1.76 bits per heavy atom. The standard InChI is InChI=1S/C19H35ISi/c1-16(2)10-9-11-17(3)18(12-14-20)13-15-21(7,8)19(4,5)6/h10,17-18H,9,11-12,14H2,1-8H3/t17-,18+/m1/s1. The van der Waals surface area contributed by atoms with Gasteiger partial charge < -0.3 is 0 Å². The Labute approximate surface area is 148 Å². The van der Waals surface area contributed by atoms with Crippen LogP contribution in [0.5, 0.6) is 0 Å². The molecule has 0 aliphatic rings. The third-order valence-electron chi connectivity index (χ3n) is 4.73. The van der Waals surface area contributed by atoms with E-state index in [2.05, 4.69) is 94.8 Å². The monoisotopic (exact) mass is 418 g/mol. The predicted molar refractivity (Wildman–Crippen MR) is 110 cm³/mol. The average molecular weight is 418 g/mol. The zero-order chi connectivity index (χ0) is 16.7. The lowest BCUT2D eigenvalue weighted by molar-refractivity contribution is 0.410. The molecular weight excluding hydrogens is 383 g/mol. The highest BCUT2D eigenvalue weighted by atomic mass is 127. The van der Waals surface area contributed by atoms with Gasteiger partial charge in [-0.3, -0.25) is 0 Å². The van der Waals surface area contributed by atoms with Gasteiger partial charge in [0.15, 0.2) is 0 Å². The molecule has 2 atom stereocenters. The Morgan fingerprint density at radius 3 is 2.19 bits per heavy atom. The molecule has 0 amide bonds. The molecule has 122 valence electrons. The van der Waals surface area contributed by atoms with E-state index in [1.807, 2.05) is 0 Å². The van der Waals surface area contributed by atoms with Gasteiger partial charge in [-0.25, -0.2) is 0 Å². The van der Waals surface area contributed by atoms with Crippen LogP contribution in [0.4, 0.5) is 0 Å². The van der Waals surface area contributed by atoms with E-state index in [0.29, 0.717) is 16.9 Å². The van der Waals surface area contributed by atoms with Crippen LogP contribution in [0, 0.1) is 23.3 Å². The summed E-state index contributed by atoms with van der Waals surface area (Å²) in [5, 5.41) is 0.361. The minimum Gasteiger partial charge on any atom is -0.131 e. The molecule has 0 aliphatic carbocycles. The largest absolute Gasteiger partial charge is 0.137 e. The summed E-state index contributed by atoms with van der Waals surface area (Å²) in [7, 11) is -1.47. The molecule has 0 aromatic carbocycles. The van der Waals surface area contributed by atoms with E-state index in [-0.39, 0.29) is 0 Å². The van der Waals surface area contributed by atoms with E-state index in [9.17, 15) is 0 Å². The van der Waals surface area contributed by atoms with E-state index >= 15 is 0 Å². The highest BCUT2D eigenvalue weighted by Gasteiger charge is 2.33. The van der Waals surface area contributed by atoms with Crippen molar-refractivity contribution in [3.63, 3.8) is 0 Å². The van der Waals surface area contributed by atoms with Gasteiger partial charge >= 0.3 is 0 Å². The van der Waals surface area contributed by atoms with Crippen molar-refractivity contribution in [1.82, 2.24) is 0 Å². The maximum absolute atomic E-state index is 3.73. The third kappa shape index (κ3) is 8.45. The van der Waals surface area contributed by atoms with Gasteiger partial charge in [-0.05, 0) is 44.1 Å². The third-order valence-corrected chi connectivity index (χ3v) is 9.87. The Balaban J connectivity index is 4.89. The summed E-state index contributed by atoms with van der Waals surface area (Å²) in [6.07, 6.45) is 6.05. The molecule has 0 N–H and O–H groups in total. The smallest absolute Gasteiger partial charge is 0.131 e. The van der Waals surface area contributed by atoms with Gasteiger partial charge in [-0.1, -0.05) is 75.0 Å². The molecule has 0 saturated carbocycles. The number of allylic oxidation sites excluding steroid dienone is 2.